The molecule has 5 rings (SSSR count). The Morgan fingerprint density at radius 2 is 1.52 bits per heavy atom. The molecule has 0 aliphatic carbocycles. The second-order valence-corrected chi connectivity index (χ2v) is 12.3. The first-order valence-electron chi connectivity index (χ1n) is 12.2. The van der Waals surface area contributed by atoms with E-state index < -0.39 is 15.3 Å². The Kier molecular flexibility index (Phi) is 8.49. The molecule has 1 unspecified atom stereocenters. The number of benzene rings is 4. The quantitative estimate of drug-likeness (QED) is 0.169. The number of amides is 1. The minimum Gasteiger partial charge on any atom is -0.497 e. The van der Waals surface area contributed by atoms with Crippen LogP contribution in [0.3, 0.4) is 0 Å². The van der Waals surface area contributed by atoms with Crippen molar-refractivity contribution >= 4 is 49.8 Å². The summed E-state index contributed by atoms with van der Waals surface area (Å²) in [4.78, 5) is 19.1. The van der Waals surface area contributed by atoms with Crippen LogP contribution in [0.4, 0.5) is 10.8 Å². The molecule has 40 heavy (non-hydrogen) atoms. The van der Waals surface area contributed by atoms with Crippen LogP contribution in [0.15, 0.2) is 124 Å². The Hall–Kier alpha value is -4.12. The molecule has 202 valence electrons. The third-order valence-corrected chi connectivity index (χ3v) is 9.30. The van der Waals surface area contributed by atoms with Gasteiger partial charge in [-0.15, -0.1) is 23.1 Å². The molecule has 2 N–H and O–H groups in total. The van der Waals surface area contributed by atoms with Crippen LogP contribution >= 0.6 is 23.1 Å². The smallest absolute Gasteiger partial charge is 0.261 e. The predicted molar refractivity (Wildman–Crippen MR) is 161 cm³/mol. The monoisotopic (exact) mass is 587 g/mol. The molecule has 0 spiro atoms. The van der Waals surface area contributed by atoms with Gasteiger partial charge in [0.1, 0.15) is 11.0 Å². The summed E-state index contributed by atoms with van der Waals surface area (Å²) in [6, 6.07) is 32.2. The van der Waals surface area contributed by atoms with Crippen molar-refractivity contribution in [2.24, 2.45) is 0 Å². The van der Waals surface area contributed by atoms with Crippen LogP contribution in [0.5, 0.6) is 5.75 Å². The number of rotatable bonds is 10. The van der Waals surface area contributed by atoms with E-state index in [-0.39, 0.29) is 10.8 Å². The van der Waals surface area contributed by atoms with E-state index in [1.54, 1.807) is 49.6 Å². The van der Waals surface area contributed by atoms with Crippen molar-refractivity contribution in [1.82, 2.24) is 4.98 Å². The molecule has 0 fully saturated rings. The molecule has 0 bridgehead atoms. The number of hydrogen-bond acceptors (Lipinski definition) is 7. The topological polar surface area (TPSA) is 97.4 Å². The maximum atomic E-state index is 13.5. The zero-order valence-corrected chi connectivity index (χ0v) is 23.8. The zero-order chi connectivity index (χ0) is 28.0. The maximum absolute atomic E-state index is 13.5. The van der Waals surface area contributed by atoms with Gasteiger partial charge in [0.05, 0.1) is 17.7 Å². The summed E-state index contributed by atoms with van der Waals surface area (Å²) < 4.78 is 33.1. The Labute approximate surface area is 241 Å². The first-order valence-corrected chi connectivity index (χ1v) is 15.5. The van der Waals surface area contributed by atoms with Crippen molar-refractivity contribution < 1.29 is 17.9 Å². The van der Waals surface area contributed by atoms with E-state index in [9.17, 15) is 13.2 Å². The van der Waals surface area contributed by atoms with Crippen LogP contribution in [0.2, 0.25) is 0 Å². The maximum Gasteiger partial charge on any atom is 0.261 e. The molecule has 0 saturated carbocycles. The van der Waals surface area contributed by atoms with Crippen LogP contribution in [-0.2, 0) is 14.8 Å². The molecular weight excluding hydrogens is 563 g/mol. The van der Waals surface area contributed by atoms with Crippen molar-refractivity contribution in [2.75, 3.05) is 17.1 Å². The van der Waals surface area contributed by atoms with Crippen LogP contribution < -0.4 is 14.8 Å². The van der Waals surface area contributed by atoms with Gasteiger partial charge in [-0.25, -0.2) is 13.4 Å². The number of aromatic nitrogens is 1. The highest BCUT2D eigenvalue weighted by molar-refractivity contribution is 8.00. The highest BCUT2D eigenvalue weighted by Crippen LogP contribution is 2.37. The number of anilines is 2. The fraction of sp³-hybridized carbons (Fsp3) is 0.0667. The lowest BCUT2D eigenvalue weighted by atomic mass is 10.1. The minimum absolute atomic E-state index is 0.187. The lowest BCUT2D eigenvalue weighted by Gasteiger charge is -2.16. The van der Waals surface area contributed by atoms with Crippen molar-refractivity contribution in [2.45, 2.75) is 15.0 Å². The van der Waals surface area contributed by atoms with Gasteiger partial charge in [0.25, 0.3) is 10.0 Å². The molecule has 1 atom stereocenters. The van der Waals surface area contributed by atoms with Crippen LogP contribution in [0, 0.1) is 0 Å². The van der Waals surface area contributed by atoms with E-state index in [1.165, 1.54) is 35.2 Å². The van der Waals surface area contributed by atoms with Crippen molar-refractivity contribution in [3.05, 3.63) is 120 Å². The second-order valence-electron chi connectivity index (χ2n) is 8.61. The predicted octanol–water partition coefficient (Wildman–Crippen LogP) is 7.09. The fourth-order valence-electron chi connectivity index (χ4n) is 3.85. The number of sulfonamides is 1. The number of nitrogens with one attached hydrogen (secondary N) is 2. The van der Waals surface area contributed by atoms with E-state index in [4.69, 9.17) is 4.74 Å². The van der Waals surface area contributed by atoms with Gasteiger partial charge < -0.3 is 10.1 Å². The molecule has 10 heteroatoms. The van der Waals surface area contributed by atoms with Gasteiger partial charge in [-0.2, -0.15) is 0 Å². The van der Waals surface area contributed by atoms with Gasteiger partial charge in [-0.05, 0) is 66.2 Å². The average molecular weight is 588 g/mol. The number of nitrogens with zero attached hydrogens (tertiary/aromatic N) is 1. The van der Waals surface area contributed by atoms with E-state index in [1.807, 2.05) is 60.0 Å². The first-order chi connectivity index (χ1) is 19.4. The van der Waals surface area contributed by atoms with Gasteiger partial charge >= 0.3 is 0 Å². The molecule has 0 aliphatic rings. The molecule has 0 radical (unpaired) electrons. The summed E-state index contributed by atoms with van der Waals surface area (Å²) in [5.74, 6) is 0.553. The lowest BCUT2D eigenvalue weighted by Crippen LogP contribution is -2.19. The minimum atomic E-state index is -3.69. The normalized spacial score (nSPS) is 11.9. The molecule has 4 aromatic carbocycles. The van der Waals surface area contributed by atoms with Crippen LogP contribution in [0.25, 0.3) is 11.3 Å². The summed E-state index contributed by atoms with van der Waals surface area (Å²) in [7, 11) is -2.08. The second kappa shape index (κ2) is 12.4. The molecule has 1 heterocycles. The van der Waals surface area contributed by atoms with Crippen LogP contribution in [-0.4, -0.2) is 26.4 Å². The summed E-state index contributed by atoms with van der Waals surface area (Å²) >= 11 is 2.73. The summed E-state index contributed by atoms with van der Waals surface area (Å²) in [6.45, 7) is 0. The zero-order valence-electron chi connectivity index (χ0n) is 21.4. The summed E-state index contributed by atoms with van der Waals surface area (Å²) in [5, 5.41) is 4.81. The van der Waals surface area contributed by atoms with Gasteiger partial charge in [-0.3, -0.25) is 9.52 Å². The average Bonchev–Trinajstić information content (AvgIpc) is 3.46. The number of carbonyl (C=O) groups is 1. The number of hydrogen-bond donors (Lipinski definition) is 2. The number of thioether (sulfide) groups is 1. The number of methoxy groups -OCH3 is 1. The Bertz CT molecular complexity index is 1670. The van der Waals surface area contributed by atoms with E-state index in [0.717, 1.165) is 27.5 Å². The third-order valence-electron chi connectivity index (χ3n) is 5.87. The van der Waals surface area contributed by atoms with Gasteiger partial charge in [0.2, 0.25) is 5.91 Å². The Morgan fingerprint density at radius 3 is 2.17 bits per heavy atom. The number of carbonyl (C=O) groups excluding carboxylic acids is 1. The van der Waals surface area contributed by atoms with Gasteiger partial charge in [0, 0.05) is 21.5 Å². The Balaban J connectivity index is 1.31. The van der Waals surface area contributed by atoms with Crippen molar-refractivity contribution in [3.8, 4) is 17.0 Å². The standard InChI is InChI=1S/C30H25N3O4S3/c1-37-24-16-12-21(13-17-24)27-20-38-30(31-27)32-29(34)28(22-8-4-2-5-9-22)39-25-18-14-23(15-19-25)33-40(35,36)26-10-6-3-7-11-26/h2-20,28,33H,1H3,(H,31,32,34). The molecule has 0 aliphatic heterocycles. The molecule has 1 aromatic heterocycles. The van der Waals surface area contributed by atoms with E-state index >= 15 is 0 Å². The molecular formula is C30H25N3O4S3. The molecule has 5 aromatic rings. The van der Waals surface area contributed by atoms with Gasteiger partial charge in [0.15, 0.2) is 5.13 Å². The van der Waals surface area contributed by atoms with Crippen molar-refractivity contribution in [1.29, 1.82) is 0 Å². The van der Waals surface area contributed by atoms with Gasteiger partial charge in [-0.1, -0.05) is 48.5 Å². The summed E-state index contributed by atoms with van der Waals surface area (Å²) in [5.41, 5.74) is 2.96. The first kappa shape index (κ1) is 27.4. The van der Waals surface area contributed by atoms with Crippen molar-refractivity contribution in [3.63, 3.8) is 0 Å². The molecule has 1 amide bonds. The third kappa shape index (κ3) is 6.71. The molecule has 7 nitrogen and oxygen atoms in total. The number of ether oxygens (including phenoxy) is 1. The number of thiazole rings is 1. The molecule has 0 saturated heterocycles. The highest BCUT2D eigenvalue weighted by atomic mass is 32.2. The van der Waals surface area contributed by atoms with Crippen LogP contribution in [0.1, 0.15) is 10.8 Å². The largest absolute Gasteiger partial charge is 0.497 e. The summed E-state index contributed by atoms with van der Waals surface area (Å²) in [6.07, 6.45) is 0. The Morgan fingerprint density at radius 1 is 0.875 bits per heavy atom. The highest BCUT2D eigenvalue weighted by Gasteiger charge is 2.23. The van der Waals surface area contributed by atoms with E-state index in [2.05, 4.69) is 15.0 Å². The lowest BCUT2D eigenvalue weighted by molar-refractivity contribution is -0.115. The fourth-order valence-corrected chi connectivity index (χ4v) is 6.68. The van der Waals surface area contributed by atoms with E-state index in [0.29, 0.717) is 10.8 Å². The SMILES string of the molecule is COc1ccc(-c2csc(NC(=O)C(Sc3ccc(NS(=O)(=O)c4ccccc4)cc3)c3ccccc3)n2)cc1.